The lowest BCUT2D eigenvalue weighted by Crippen LogP contribution is -2.26. The lowest BCUT2D eigenvalue weighted by atomic mass is 10.1. The zero-order valence-corrected chi connectivity index (χ0v) is 12.2. The van der Waals surface area contributed by atoms with E-state index in [0.717, 1.165) is 23.4 Å². The first-order valence-electron chi connectivity index (χ1n) is 5.49. The molecule has 1 aromatic rings. The van der Waals surface area contributed by atoms with Crippen molar-refractivity contribution in [2.45, 2.75) is 11.8 Å². The third-order valence-corrected chi connectivity index (χ3v) is 4.75. The number of halogens is 2. The van der Waals surface area contributed by atoms with Crippen LogP contribution in [0.2, 0.25) is 5.02 Å². The molecule has 2 rings (SSSR count). The molecule has 88 valence electrons. The topological polar surface area (TPSA) is 3.24 Å². The Kier molecular flexibility index (Phi) is 4.86. The van der Waals surface area contributed by atoms with Gasteiger partial charge >= 0.3 is 0 Å². The molecule has 0 saturated carbocycles. The van der Waals surface area contributed by atoms with Gasteiger partial charge in [0, 0.05) is 40.4 Å². The van der Waals surface area contributed by atoms with E-state index < -0.39 is 0 Å². The van der Waals surface area contributed by atoms with Crippen LogP contribution in [0.3, 0.4) is 0 Å². The molecule has 0 bridgehead atoms. The highest BCUT2D eigenvalue weighted by molar-refractivity contribution is 9.08. The first-order valence-corrected chi connectivity index (χ1v) is 8.14. The van der Waals surface area contributed by atoms with Crippen molar-refractivity contribution >= 4 is 45.0 Å². The summed E-state index contributed by atoms with van der Waals surface area (Å²) in [6.07, 6.45) is 1.26. The molecule has 1 aliphatic rings. The van der Waals surface area contributed by atoms with Crippen LogP contribution in [0.5, 0.6) is 0 Å². The summed E-state index contributed by atoms with van der Waals surface area (Å²) < 4.78 is 0. The second-order valence-corrected chi connectivity index (χ2v) is 6.02. The number of anilines is 1. The van der Waals surface area contributed by atoms with Gasteiger partial charge in [0.15, 0.2) is 0 Å². The van der Waals surface area contributed by atoms with Gasteiger partial charge in [-0.25, -0.2) is 0 Å². The van der Waals surface area contributed by atoms with E-state index >= 15 is 0 Å². The standard InChI is InChI=1S/C12H15BrClNS/c13-9-10-11(14)3-1-4-12(10)15-5-2-7-16-8-6-15/h1,3-4H,2,5-9H2. The molecule has 1 nitrogen and oxygen atoms in total. The molecule has 4 heteroatoms. The Morgan fingerprint density at radius 3 is 3.00 bits per heavy atom. The molecule has 0 aromatic heterocycles. The van der Waals surface area contributed by atoms with E-state index in [2.05, 4.69) is 26.9 Å². The number of hydrogen-bond donors (Lipinski definition) is 0. The van der Waals surface area contributed by atoms with Crippen LogP contribution in [0.25, 0.3) is 0 Å². The second kappa shape index (κ2) is 6.18. The number of hydrogen-bond acceptors (Lipinski definition) is 2. The van der Waals surface area contributed by atoms with Gasteiger partial charge < -0.3 is 4.90 Å². The molecule has 0 N–H and O–H groups in total. The lowest BCUT2D eigenvalue weighted by molar-refractivity contribution is 0.813. The average molecular weight is 321 g/mol. The molecule has 16 heavy (non-hydrogen) atoms. The van der Waals surface area contributed by atoms with Crippen LogP contribution in [-0.2, 0) is 5.33 Å². The molecular formula is C12H15BrClNS. The van der Waals surface area contributed by atoms with Gasteiger partial charge in [-0.15, -0.1) is 0 Å². The van der Waals surface area contributed by atoms with E-state index in [9.17, 15) is 0 Å². The Morgan fingerprint density at radius 2 is 2.19 bits per heavy atom. The highest BCUT2D eigenvalue weighted by Crippen LogP contribution is 2.30. The fourth-order valence-electron chi connectivity index (χ4n) is 1.96. The molecule has 0 spiro atoms. The zero-order valence-electron chi connectivity index (χ0n) is 9.09. The minimum atomic E-state index is 0.825. The van der Waals surface area contributed by atoms with Gasteiger partial charge in [-0.1, -0.05) is 33.6 Å². The molecule has 1 aliphatic heterocycles. The third kappa shape index (κ3) is 2.88. The summed E-state index contributed by atoms with van der Waals surface area (Å²) in [5, 5.41) is 1.69. The van der Waals surface area contributed by atoms with Gasteiger partial charge in [-0.05, 0) is 24.3 Å². The van der Waals surface area contributed by atoms with Crippen molar-refractivity contribution in [3.63, 3.8) is 0 Å². The Balaban J connectivity index is 2.27. The van der Waals surface area contributed by atoms with Crippen LogP contribution >= 0.6 is 39.3 Å². The zero-order chi connectivity index (χ0) is 11.4. The molecule has 1 heterocycles. The van der Waals surface area contributed by atoms with Gasteiger partial charge in [0.1, 0.15) is 0 Å². The predicted octanol–water partition coefficient (Wildman–Crippen LogP) is 4.18. The largest absolute Gasteiger partial charge is 0.370 e. The van der Waals surface area contributed by atoms with E-state index in [0.29, 0.717) is 0 Å². The summed E-state index contributed by atoms with van der Waals surface area (Å²) in [5.41, 5.74) is 2.52. The molecule has 0 unspecified atom stereocenters. The molecular weight excluding hydrogens is 306 g/mol. The highest BCUT2D eigenvalue weighted by Gasteiger charge is 2.14. The van der Waals surface area contributed by atoms with Crippen molar-refractivity contribution in [1.29, 1.82) is 0 Å². The molecule has 1 fully saturated rings. The smallest absolute Gasteiger partial charge is 0.0467 e. The van der Waals surface area contributed by atoms with Crippen molar-refractivity contribution in [3.05, 3.63) is 28.8 Å². The fourth-order valence-corrected chi connectivity index (χ4v) is 3.84. The Bertz CT molecular complexity index is 351. The number of thioether (sulfide) groups is 1. The highest BCUT2D eigenvalue weighted by atomic mass is 79.9. The summed E-state index contributed by atoms with van der Waals surface area (Å²) in [7, 11) is 0. The number of alkyl halides is 1. The van der Waals surface area contributed by atoms with Crippen LogP contribution in [0.4, 0.5) is 5.69 Å². The Labute approximate surface area is 115 Å². The van der Waals surface area contributed by atoms with Gasteiger partial charge in [-0.3, -0.25) is 0 Å². The molecule has 0 radical (unpaired) electrons. The number of nitrogens with zero attached hydrogens (tertiary/aromatic N) is 1. The van der Waals surface area contributed by atoms with Crippen LogP contribution in [0.1, 0.15) is 12.0 Å². The summed E-state index contributed by atoms with van der Waals surface area (Å²) in [5.74, 6) is 2.49. The maximum absolute atomic E-state index is 6.23. The van der Waals surface area contributed by atoms with Crippen molar-refractivity contribution in [3.8, 4) is 0 Å². The number of rotatable bonds is 2. The monoisotopic (exact) mass is 319 g/mol. The minimum Gasteiger partial charge on any atom is -0.370 e. The van der Waals surface area contributed by atoms with Gasteiger partial charge in [0.2, 0.25) is 0 Å². The van der Waals surface area contributed by atoms with Crippen molar-refractivity contribution in [1.82, 2.24) is 0 Å². The summed E-state index contributed by atoms with van der Waals surface area (Å²) in [4.78, 5) is 2.46. The third-order valence-electron chi connectivity index (χ3n) is 2.79. The Hall–Kier alpha value is 0.140. The van der Waals surface area contributed by atoms with E-state index in [1.807, 2.05) is 23.9 Å². The van der Waals surface area contributed by atoms with E-state index in [1.54, 1.807) is 0 Å². The van der Waals surface area contributed by atoms with Gasteiger partial charge in [-0.2, -0.15) is 11.8 Å². The average Bonchev–Trinajstić information content (AvgIpc) is 2.57. The minimum absolute atomic E-state index is 0.825. The normalized spacial score (nSPS) is 17.2. The van der Waals surface area contributed by atoms with Crippen molar-refractivity contribution in [2.24, 2.45) is 0 Å². The molecule has 0 aliphatic carbocycles. The maximum Gasteiger partial charge on any atom is 0.0467 e. The summed E-state index contributed by atoms with van der Waals surface area (Å²) in [6.45, 7) is 2.28. The lowest BCUT2D eigenvalue weighted by Gasteiger charge is -2.25. The van der Waals surface area contributed by atoms with Crippen molar-refractivity contribution in [2.75, 3.05) is 29.5 Å². The fraction of sp³-hybridized carbons (Fsp3) is 0.500. The second-order valence-electron chi connectivity index (χ2n) is 3.82. The molecule has 0 amide bonds. The van der Waals surface area contributed by atoms with Crippen LogP contribution in [0.15, 0.2) is 18.2 Å². The van der Waals surface area contributed by atoms with E-state index in [1.165, 1.54) is 29.2 Å². The SMILES string of the molecule is Clc1cccc(N2CCCSCC2)c1CBr. The van der Waals surface area contributed by atoms with E-state index in [-0.39, 0.29) is 0 Å². The first-order chi connectivity index (χ1) is 7.83. The quantitative estimate of drug-likeness (QED) is 0.752. The summed E-state index contributed by atoms with van der Waals surface area (Å²) in [6, 6.07) is 6.19. The van der Waals surface area contributed by atoms with Crippen LogP contribution < -0.4 is 4.90 Å². The van der Waals surface area contributed by atoms with Crippen LogP contribution in [-0.4, -0.2) is 24.6 Å². The molecule has 1 saturated heterocycles. The summed E-state index contributed by atoms with van der Waals surface area (Å²) >= 11 is 11.8. The maximum atomic E-state index is 6.23. The molecule has 1 aromatic carbocycles. The van der Waals surface area contributed by atoms with Gasteiger partial charge in [0.25, 0.3) is 0 Å². The Morgan fingerprint density at radius 1 is 1.31 bits per heavy atom. The van der Waals surface area contributed by atoms with Gasteiger partial charge in [0.05, 0.1) is 0 Å². The van der Waals surface area contributed by atoms with E-state index in [4.69, 9.17) is 11.6 Å². The number of benzene rings is 1. The molecule has 0 atom stereocenters. The predicted molar refractivity (Wildman–Crippen MR) is 78.2 cm³/mol. The van der Waals surface area contributed by atoms with Crippen molar-refractivity contribution < 1.29 is 0 Å². The first kappa shape index (κ1) is 12.6. The van der Waals surface area contributed by atoms with Crippen LogP contribution in [0, 0.1) is 0 Å².